The maximum atomic E-state index is 14.6. The lowest BCUT2D eigenvalue weighted by atomic mass is 10.00. The van der Waals surface area contributed by atoms with Crippen LogP contribution in [0.5, 0.6) is 5.75 Å². The van der Waals surface area contributed by atoms with E-state index in [0.717, 1.165) is 28.6 Å². The zero-order valence-electron chi connectivity index (χ0n) is 19.5. The Kier molecular flexibility index (Phi) is 5.93. The Morgan fingerprint density at radius 3 is 2.75 bits per heavy atom. The van der Waals surface area contributed by atoms with Gasteiger partial charge in [-0.3, -0.25) is 4.90 Å². The number of urea groups is 2. The number of carbonyl (C=O) groups is 2. The first-order valence-electron chi connectivity index (χ1n) is 11.2. The van der Waals surface area contributed by atoms with E-state index in [0.29, 0.717) is 17.1 Å². The number of aromatic amines is 1. The molecule has 4 N–H and O–H groups in total. The van der Waals surface area contributed by atoms with E-state index >= 15 is 0 Å². The highest BCUT2D eigenvalue weighted by molar-refractivity contribution is 6.32. The summed E-state index contributed by atoms with van der Waals surface area (Å²) >= 11 is 6.16. The number of phenolic OH excluding ortho intramolecular Hbond substituents is 1. The molecule has 1 aliphatic rings. The first kappa shape index (κ1) is 23.5. The predicted octanol–water partition coefficient (Wildman–Crippen LogP) is 6.44. The monoisotopic (exact) mass is 507 g/mol. The van der Waals surface area contributed by atoms with Crippen LogP contribution in [0.1, 0.15) is 24.1 Å². The van der Waals surface area contributed by atoms with Crippen molar-refractivity contribution >= 4 is 51.6 Å². The molecule has 1 unspecified atom stereocenters. The summed E-state index contributed by atoms with van der Waals surface area (Å²) < 4.78 is 14.6. The third kappa shape index (κ3) is 4.07. The van der Waals surface area contributed by atoms with Gasteiger partial charge in [0.05, 0.1) is 29.0 Å². The van der Waals surface area contributed by atoms with Gasteiger partial charge in [-0.2, -0.15) is 0 Å². The molecular formula is C26H23ClFN5O3. The van der Waals surface area contributed by atoms with Crippen molar-refractivity contribution in [3.63, 3.8) is 0 Å². The van der Waals surface area contributed by atoms with Crippen molar-refractivity contribution in [3.05, 3.63) is 82.8 Å². The number of anilines is 3. The molecule has 1 atom stereocenters. The Morgan fingerprint density at radius 1 is 1.17 bits per heavy atom. The summed E-state index contributed by atoms with van der Waals surface area (Å²) in [6, 6.07) is 14.0. The van der Waals surface area contributed by atoms with Crippen molar-refractivity contribution in [2.75, 3.05) is 22.6 Å². The van der Waals surface area contributed by atoms with Crippen molar-refractivity contribution in [3.8, 4) is 5.75 Å². The Labute approximate surface area is 211 Å². The number of nitrogens with zero attached hydrogens (tertiary/aromatic N) is 2. The number of para-hydroxylation sites is 1. The summed E-state index contributed by atoms with van der Waals surface area (Å²) in [7, 11) is 1.66. The number of hydrogen-bond acceptors (Lipinski definition) is 3. The standard InChI is InChI=1S/C26H23ClFN5O3/c1-14-16-8-7-15(30-25(35)31-21-12-29-20-6-4-3-5-17(20)21)11-22(16)33(26(36)32(14)2)13-18-19(28)9-10-23(34)24(18)27/h3-12,14,29,34H,13H2,1-2H3,(H2,30,31,35). The summed E-state index contributed by atoms with van der Waals surface area (Å²) in [6.45, 7) is 1.68. The first-order chi connectivity index (χ1) is 17.2. The lowest BCUT2D eigenvalue weighted by molar-refractivity contribution is 0.196. The van der Waals surface area contributed by atoms with Crippen LogP contribution in [0.2, 0.25) is 5.02 Å². The maximum absolute atomic E-state index is 14.6. The lowest BCUT2D eigenvalue weighted by Gasteiger charge is -2.40. The SMILES string of the molecule is CC1c2ccc(NC(=O)Nc3c[nH]c4ccccc34)cc2N(Cc2c(F)ccc(O)c2Cl)C(=O)N1C. The fourth-order valence-electron chi connectivity index (χ4n) is 4.38. The largest absolute Gasteiger partial charge is 0.506 e. The number of aromatic hydroxyl groups is 1. The summed E-state index contributed by atoms with van der Waals surface area (Å²) in [5.74, 6) is -0.912. The molecule has 4 amide bonds. The third-order valence-electron chi connectivity index (χ3n) is 6.46. The lowest BCUT2D eigenvalue weighted by Crippen LogP contribution is -2.46. The number of hydrogen-bond donors (Lipinski definition) is 4. The maximum Gasteiger partial charge on any atom is 0.325 e. The molecule has 4 aromatic rings. The second-order valence-electron chi connectivity index (χ2n) is 8.62. The average Bonchev–Trinajstić information content (AvgIpc) is 3.27. The highest BCUT2D eigenvalue weighted by Crippen LogP contribution is 2.40. The summed E-state index contributed by atoms with van der Waals surface area (Å²) in [5, 5.41) is 16.3. The number of halogens is 2. The smallest absolute Gasteiger partial charge is 0.325 e. The zero-order valence-corrected chi connectivity index (χ0v) is 20.2. The minimum absolute atomic E-state index is 0.00522. The molecule has 8 nitrogen and oxygen atoms in total. The summed E-state index contributed by atoms with van der Waals surface area (Å²) in [6.07, 6.45) is 1.71. The molecule has 0 bridgehead atoms. The Morgan fingerprint density at radius 2 is 1.94 bits per heavy atom. The van der Waals surface area contributed by atoms with Crippen molar-refractivity contribution in [1.29, 1.82) is 0 Å². The molecule has 0 spiro atoms. The van der Waals surface area contributed by atoms with Gasteiger partial charge in [-0.05, 0) is 42.8 Å². The van der Waals surface area contributed by atoms with Gasteiger partial charge in [-0.15, -0.1) is 0 Å². The van der Waals surface area contributed by atoms with E-state index in [2.05, 4.69) is 15.6 Å². The van der Waals surface area contributed by atoms with Crippen LogP contribution in [0.15, 0.2) is 60.8 Å². The summed E-state index contributed by atoms with van der Waals surface area (Å²) in [4.78, 5) is 32.0. The highest BCUT2D eigenvalue weighted by atomic mass is 35.5. The van der Waals surface area contributed by atoms with Crippen LogP contribution < -0.4 is 15.5 Å². The van der Waals surface area contributed by atoms with E-state index in [1.807, 2.05) is 37.3 Å². The van der Waals surface area contributed by atoms with Crippen LogP contribution in [0.4, 0.5) is 31.0 Å². The molecule has 1 aliphatic heterocycles. The zero-order chi connectivity index (χ0) is 25.6. The Bertz CT molecular complexity index is 1500. The van der Waals surface area contributed by atoms with E-state index in [1.54, 1.807) is 25.4 Å². The van der Waals surface area contributed by atoms with E-state index < -0.39 is 11.8 Å². The quantitative estimate of drug-likeness (QED) is 0.255. The third-order valence-corrected chi connectivity index (χ3v) is 6.88. The molecule has 0 saturated carbocycles. The molecule has 10 heteroatoms. The fourth-order valence-corrected chi connectivity index (χ4v) is 4.59. The Balaban J connectivity index is 1.45. The number of amides is 4. The van der Waals surface area contributed by atoms with E-state index in [1.165, 1.54) is 9.80 Å². The van der Waals surface area contributed by atoms with Crippen molar-refractivity contribution in [2.45, 2.75) is 19.5 Å². The van der Waals surface area contributed by atoms with Crippen LogP contribution in [0.25, 0.3) is 10.9 Å². The van der Waals surface area contributed by atoms with Gasteiger partial charge in [0.2, 0.25) is 0 Å². The second-order valence-corrected chi connectivity index (χ2v) is 8.99. The van der Waals surface area contributed by atoms with Gasteiger partial charge in [0.15, 0.2) is 0 Å². The molecule has 0 saturated heterocycles. The summed E-state index contributed by atoms with van der Waals surface area (Å²) in [5.41, 5.74) is 3.29. The molecule has 1 aromatic heterocycles. The minimum Gasteiger partial charge on any atom is -0.506 e. The van der Waals surface area contributed by atoms with Crippen LogP contribution in [0.3, 0.4) is 0 Å². The minimum atomic E-state index is -0.638. The van der Waals surface area contributed by atoms with E-state index in [9.17, 15) is 19.1 Å². The number of phenols is 1. The Hall–Kier alpha value is -4.24. The van der Waals surface area contributed by atoms with Crippen LogP contribution in [-0.2, 0) is 6.54 Å². The van der Waals surface area contributed by atoms with Crippen LogP contribution >= 0.6 is 11.6 Å². The molecule has 5 rings (SSSR count). The van der Waals surface area contributed by atoms with Gasteiger partial charge in [0, 0.05) is 35.4 Å². The first-order valence-corrected chi connectivity index (χ1v) is 11.6. The molecule has 184 valence electrons. The fraction of sp³-hybridized carbons (Fsp3) is 0.154. The molecule has 0 aliphatic carbocycles. The topological polar surface area (TPSA) is 101 Å². The van der Waals surface area contributed by atoms with E-state index in [-0.39, 0.29) is 35.0 Å². The van der Waals surface area contributed by atoms with Gasteiger partial charge in [0.25, 0.3) is 0 Å². The second kappa shape index (κ2) is 9.09. The number of fused-ring (bicyclic) bond motifs is 2. The van der Waals surface area contributed by atoms with Gasteiger partial charge in [-0.1, -0.05) is 35.9 Å². The molecule has 3 aromatic carbocycles. The van der Waals surface area contributed by atoms with Crippen LogP contribution in [-0.4, -0.2) is 34.1 Å². The van der Waals surface area contributed by atoms with Gasteiger partial charge < -0.3 is 25.6 Å². The number of H-pyrrole nitrogens is 1. The molecule has 0 radical (unpaired) electrons. The van der Waals surface area contributed by atoms with Crippen molar-refractivity contribution in [2.24, 2.45) is 0 Å². The molecule has 2 heterocycles. The van der Waals surface area contributed by atoms with Gasteiger partial charge in [-0.25, -0.2) is 14.0 Å². The van der Waals surface area contributed by atoms with Crippen LogP contribution in [0, 0.1) is 5.82 Å². The van der Waals surface area contributed by atoms with E-state index in [4.69, 9.17) is 11.6 Å². The number of nitrogens with one attached hydrogen (secondary N) is 3. The molecule has 36 heavy (non-hydrogen) atoms. The number of aromatic nitrogens is 1. The van der Waals surface area contributed by atoms with Crippen molar-refractivity contribution in [1.82, 2.24) is 9.88 Å². The highest BCUT2D eigenvalue weighted by Gasteiger charge is 2.34. The average molecular weight is 508 g/mol. The van der Waals surface area contributed by atoms with Crippen molar-refractivity contribution < 1.29 is 19.1 Å². The number of rotatable bonds is 4. The number of benzene rings is 3. The predicted molar refractivity (Wildman–Crippen MR) is 138 cm³/mol. The van der Waals surface area contributed by atoms with Gasteiger partial charge in [0.1, 0.15) is 11.6 Å². The molecule has 0 fully saturated rings. The number of carbonyl (C=O) groups excluding carboxylic acids is 2. The van der Waals surface area contributed by atoms with Gasteiger partial charge >= 0.3 is 12.1 Å². The molecular weight excluding hydrogens is 485 g/mol. The normalized spacial score (nSPS) is 15.2.